The molecular formula is C12H18N2O4S. The van der Waals surface area contributed by atoms with Gasteiger partial charge >= 0.3 is 0 Å². The summed E-state index contributed by atoms with van der Waals surface area (Å²) >= 11 is 0. The quantitative estimate of drug-likeness (QED) is 0.892. The Kier molecular flexibility index (Phi) is 3.71. The van der Waals surface area contributed by atoms with E-state index in [1.807, 2.05) is 19.1 Å². The molecule has 106 valence electrons. The molecule has 2 N–H and O–H groups in total. The Bertz CT molecular complexity index is 586. The number of benzene rings is 1. The first kappa shape index (κ1) is 14.1. The largest absolute Gasteiger partial charge is 0.493 e. The molecule has 0 saturated heterocycles. The Morgan fingerprint density at radius 2 is 1.84 bits per heavy atom. The molecule has 1 atom stereocenters. The van der Waals surface area contributed by atoms with E-state index in [2.05, 4.69) is 0 Å². The van der Waals surface area contributed by atoms with Gasteiger partial charge < -0.3 is 9.47 Å². The minimum atomic E-state index is -3.69. The molecule has 0 fully saturated rings. The zero-order valence-corrected chi connectivity index (χ0v) is 12.0. The van der Waals surface area contributed by atoms with E-state index in [1.165, 1.54) is 4.31 Å². The summed E-state index contributed by atoms with van der Waals surface area (Å²) in [5.74, 6) is 1.24. The summed E-state index contributed by atoms with van der Waals surface area (Å²) in [7, 11) is -0.564. The van der Waals surface area contributed by atoms with Crippen LogP contribution in [0, 0.1) is 0 Å². The number of nitrogens with zero attached hydrogens (tertiary/aromatic N) is 1. The Balaban J connectivity index is 2.49. The number of rotatable bonds is 3. The first-order valence-corrected chi connectivity index (χ1v) is 7.43. The normalized spacial score (nSPS) is 19.9. The lowest BCUT2D eigenvalue weighted by Crippen LogP contribution is -2.42. The molecule has 1 aromatic rings. The van der Waals surface area contributed by atoms with E-state index < -0.39 is 10.2 Å². The molecule has 0 spiro atoms. The predicted molar refractivity (Wildman–Crippen MR) is 71.5 cm³/mol. The van der Waals surface area contributed by atoms with E-state index in [1.54, 1.807) is 14.2 Å². The Hall–Kier alpha value is -1.31. The van der Waals surface area contributed by atoms with Crippen molar-refractivity contribution in [2.45, 2.75) is 19.4 Å². The van der Waals surface area contributed by atoms with E-state index in [9.17, 15) is 8.42 Å². The third-order valence-corrected chi connectivity index (χ3v) is 4.61. The van der Waals surface area contributed by atoms with Crippen molar-refractivity contribution in [3.8, 4) is 11.5 Å². The van der Waals surface area contributed by atoms with Crippen molar-refractivity contribution in [1.82, 2.24) is 4.31 Å². The fraction of sp³-hybridized carbons (Fsp3) is 0.500. The summed E-state index contributed by atoms with van der Waals surface area (Å²) in [5, 5.41) is 5.23. The van der Waals surface area contributed by atoms with Gasteiger partial charge in [-0.2, -0.15) is 12.7 Å². The summed E-state index contributed by atoms with van der Waals surface area (Å²) < 4.78 is 34.9. The zero-order valence-electron chi connectivity index (χ0n) is 11.2. The molecule has 0 saturated carbocycles. The molecule has 1 aromatic carbocycles. The van der Waals surface area contributed by atoms with Crippen molar-refractivity contribution < 1.29 is 17.9 Å². The van der Waals surface area contributed by atoms with Gasteiger partial charge in [-0.15, -0.1) is 0 Å². The average Bonchev–Trinajstić information content (AvgIpc) is 2.36. The summed E-state index contributed by atoms with van der Waals surface area (Å²) in [6.45, 7) is 2.19. The lowest BCUT2D eigenvalue weighted by atomic mass is 9.94. The number of hydrogen-bond acceptors (Lipinski definition) is 4. The highest BCUT2D eigenvalue weighted by molar-refractivity contribution is 7.86. The molecule has 1 aliphatic rings. The minimum Gasteiger partial charge on any atom is -0.493 e. The molecule has 1 heterocycles. The van der Waals surface area contributed by atoms with E-state index >= 15 is 0 Å². The maximum Gasteiger partial charge on any atom is 0.277 e. The predicted octanol–water partition coefficient (Wildman–Crippen LogP) is 0.826. The second kappa shape index (κ2) is 4.99. The highest BCUT2D eigenvalue weighted by Gasteiger charge is 2.31. The molecule has 2 rings (SSSR count). The van der Waals surface area contributed by atoms with E-state index in [-0.39, 0.29) is 6.04 Å². The smallest absolute Gasteiger partial charge is 0.277 e. The van der Waals surface area contributed by atoms with Crippen LogP contribution in [0.15, 0.2) is 12.1 Å². The lowest BCUT2D eigenvalue weighted by molar-refractivity contribution is 0.319. The summed E-state index contributed by atoms with van der Waals surface area (Å²) in [6, 6.07) is 3.40. The first-order valence-electron chi connectivity index (χ1n) is 5.93. The van der Waals surface area contributed by atoms with Gasteiger partial charge in [0, 0.05) is 12.6 Å². The fourth-order valence-corrected chi connectivity index (χ4v) is 3.37. The average molecular weight is 286 g/mol. The third kappa shape index (κ3) is 2.54. The van der Waals surface area contributed by atoms with Gasteiger partial charge in [0.15, 0.2) is 11.5 Å². The van der Waals surface area contributed by atoms with Crippen molar-refractivity contribution in [2.24, 2.45) is 5.14 Å². The van der Waals surface area contributed by atoms with Crippen LogP contribution >= 0.6 is 0 Å². The molecule has 0 aliphatic carbocycles. The molecule has 19 heavy (non-hydrogen) atoms. The summed E-state index contributed by atoms with van der Waals surface area (Å²) in [6.07, 6.45) is 0.608. The zero-order chi connectivity index (χ0) is 14.2. The second-order valence-electron chi connectivity index (χ2n) is 4.49. The number of nitrogens with two attached hydrogens (primary N) is 1. The fourth-order valence-electron chi connectivity index (χ4n) is 2.47. The Morgan fingerprint density at radius 1 is 1.26 bits per heavy atom. The van der Waals surface area contributed by atoms with Crippen LogP contribution in [0.4, 0.5) is 0 Å². The molecule has 0 radical (unpaired) electrons. The SMILES string of the molecule is COc1cc2c(cc1OC)[C@@H](C)N(S(N)(=O)=O)CC2. The highest BCUT2D eigenvalue weighted by atomic mass is 32.2. The van der Waals surface area contributed by atoms with Gasteiger partial charge in [0.2, 0.25) is 0 Å². The van der Waals surface area contributed by atoms with Crippen LogP contribution < -0.4 is 14.6 Å². The van der Waals surface area contributed by atoms with Gasteiger partial charge in [0.05, 0.1) is 14.2 Å². The Morgan fingerprint density at radius 3 is 2.37 bits per heavy atom. The van der Waals surface area contributed by atoms with E-state index in [0.29, 0.717) is 24.5 Å². The van der Waals surface area contributed by atoms with Gasteiger partial charge in [-0.05, 0) is 36.6 Å². The molecule has 7 heteroatoms. The van der Waals surface area contributed by atoms with Crippen LogP contribution in [-0.2, 0) is 16.6 Å². The third-order valence-electron chi connectivity index (χ3n) is 3.46. The van der Waals surface area contributed by atoms with Crippen LogP contribution in [-0.4, -0.2) is 33.5 Å². The second-order valence-corrected chi connectivity index (χ2v) is 5.99. The van der Waals surface area contributed by atoms with Crippen LogP contribution in [0.25, 0.3) is 0 Å². The molecule has 0 unspecified atom stereocenters. The van der Waals surface area contributed by atoms with Crippen LogP contribution in [0.1, 0.15) is 24.1 Å². The monoisotopic (exact) mass is 286 g/mol. The number of hydrogen-bond donors (Lipinski definition) is 1. The lowest BCUT2D eigenvalue weighted by Gasteiger charge is -2.33. The van der Waals surface area contributed by atoms with Crippen LogP contribution in [0.3, 0.4) is 0 Å². The van der Waals surface area contributed by atoms with Gasteiger partial charge in [0.25, 0.3) is 10.2 Å². The summed E-state index contributed by atoms with van der Waals surface area (Å²) in [4.78, 5) is 0. The minimum absolute atomic E-state index is 0.307. The first-order chi connectivity index (χ1) is 8.88. The van der Waals surface area contributed by atoms with Crippen molar-refractivity contribution in [2.75, 3.05) is 20.8 Å². The molecule has 0 bridgehead atoms. The van der Waals surface area contributed by atoms with Gasteiger partial charge in [-0.1, -0.05) is 0 Å². The molecule has 0 aromatic heterocycles. The maximum absolute atomic E-state index is 11.5. The van der Waals surface area contributed by atoms with E-state index in [4.69, 9.17) is 14.6 Å². The van der Waals surface area contributed by atoms with Crippen molar-refractivity contribution >= 4 is 10.2 Å². The van der Waals surface area contributed by atoms with Gasteiger partial charge in [-0.25, -0.2) is 5.14 Å². The summed E-state index contributed by atoms with van der Waals surface area (Å²) in [5.41, 5.74) is 1.96. The van der Waals surface area contributed by atoms with Crippen LogP contribution in [0.2, 0.25) is 0 Å². The van der Waals surface area contributed by atoms with Crippen LogP contribution in [0.5, 0.6) is 11.5 Å². The molecule has 0 amide bonds. The van der Waals surface area contributed by atoms with Crippen molar-refractivity contribution in [3.63, 3.8) is 0 Å². The molecule has 6 nitrogen and oxygen atoms in total. The number of ether oxygens (including phenoxy) is 2. The van der Waals surface area contributed by atoms with Gasteiger partial charge in [-0.3, -0.25) is 0 Å². The Labute approximate surface area is 113 Å². The van der Waals surface area contributed by atoms with Gasteiger partial charge in [0.1, 0.15) is 0 Å². The number of fused-ring (bicyclic) bond motifs is 1. The molecular weight excluding hydrogens is 268 g/mol. The molecule has 1 aliphatic heterocycles. The van der Waals surface area contributed by atoms with Crippen molar-refractivity contribution in [3.05, 3.63) is 23.3 Å². The number of methoxy groups -OCH3 is 2. The standard InChI is InChI=1S/C12H18N2O4S/c1-8-10-7-12(18-3)11(17-2)6-9(10)4-5-14(8)19(13,15)16/h6-8H,4-5H2,1-3H3,(H2,13,15,16)/t8-/m1/s1. The highest BCUT2D eigenvalue weighted by Crippen LogP contribution is 2.38. The van der Waals surface area contributed by atoms with E-state index in [0.717, 1.165) is 11.1 Å². The maximum atomic E-state index is 11.5. The topological polar surface area (TPSA) is 81.9 Å². The van der Waals surface area contributed by atoms with Crippen molar-refractivity contribution in [1.29, 1.82) is 0 Å².